The van der Waals surface area contributed by atoms with Gasteiger partial charge in [0.05, 0.1) is 29.8 Å². The van der Waals surface area contributed by atoms with Crippen LogP contribution in [0.5, 0.6) is 0 Å². The van der Waals surface area contributed by atoms with Gasteiger partial charge in [-0.2, -0.15) is 0 Å². The van der Waals surface area contributed by atoms with Crippen molar-refractivity contribution in [2.24, 2.45) is 5.84 Å². The fourth-order valence-corrected chi connectivity index (χ4v) is 2.36. The summed E-state index contributed by atoms with van der Waals surface area (Å²) in [5, 5.41) is 0.553. The summed E-state index contributed by atoms with van der Waals surface area (Å²) in [6.07, 6.45) is 0. The van der Waals surface area contributed by atoms with Crippen LogP contribution in [0.25, 0.3) is 0 Å². The summed E-state index contributed by atoms with van der Waals surface area (Å²) < 4.78 is 10.6. The Hall–Kier alpha value is -0.980. The lowest BCUT2D eigenvalue weighted by molar-refractivity contribution is 0.0454. The first-order valence-electron chi connectivity index (χ1n) is 5.00. The molecule has 0 radical (unpaired) electrons. The Morgan fingerprint density at radius 3 is 3.00 bits per heavy atom. The molecule has 1 aromatic rings. The van der Waals surface area contributed by atoms with Gasteiger partial charge >= 0.3 is 0 Å². The topological polar surface area (TPSA) is 77.5 Å². The third-order valence-electron chi connectivity index (χ3n) is 2.41. The maximum atomic E-state index is 11.3. The van der Waals surface area contributed by atoms with E-state index >= 15 is 0 Å². The average molecular weight is 242 g/mol. The fourth-order valence-electron chi connectivity index (χ4n) is 1.43. The molecule has 1 saturated heterocycles. The summed E-state index contributed by atoms with van der Waals surface area (Å²) in [7, 11) is 0. The Morgan fingerprint density at radius 2 is 2.44 bits per heavy atom. The molecule has 1 fully saturated rings. The number of amides is 1. The summed E-state index contributed by atoms with van der Waals surface area (Å²) in [6, 6.07) is 1.74. The van der Waals surface area contributed by atoms with Crippen LogP contribution in [0.4, 0.5) is 0 Å². The smallest absolute Gasteiger partial charge is 0.268 e. The Labute approximate surface area is 97.7 Å². The molecule has 2 heterocycles. The first-order chi connectivity index (χ1) is 7.70. The van der Waals surface area contributed by atoms with E-state index in [0.29, 0.717) is 16.6 Å². The molecule has 88 valence electrons. The Kier molecular flexibility index (Phi) is 3.52. The van der Waals surface area contributed by atoms with E-state index in [9.17, 15) is 4.79 Å². The van der Waals surface area contributed by atoms with Crippen molar-refractivity contribution < 1.29 is 13.9 Å². The monoisotopic (exact) mass is 242 g/mol. The zero-order chi connectivity index (χ0) is 11.5. The molecule has 2 rings (SSSR count). The minimum atomic E-state index is -0.315. The molecule has 3 N–H and O–H groups in total. The Morgan fingerprint density at radius 1 is 1.69 bits per heavy atom. The molecular weight excluding hydrogens is 228 g/mol. The number of hydrogen-bond acceptors (Lipinski definition) is 5. The number of nitrogens with one attached hydrogen (secondary N) is 1. The highest BCUT2D eigenvalue weighted by molar-refractivity contribution is 7.99. The predicted octanol–water partition coefficient (Wildman–Crippen LogP) is 0.824. The SMILES string of the molecule is Cc1oc(CSC2COC2)cc1C(=O)NN. The summed E-state index contributed by atoms with van der Waals surface area (Å²) in [6.45, 7) is 3.37. The molecular formula is C10H14N2O3S. The van der Waals surface area contributed by atoms with Gasteiger partial charge in [0.25, 0.3) is 5.91 Å². The maximum absolute atomic E-state index is 11.3. The Bertz CT molecular complexity index is 387. The molecule has 1 amide bonds. The van der Waals surface area contributed by atoms with E-state index in [4.69, 9.17) is 15.0 Å². The predicted molar refractivity (Wildman–Crippen MR) is 61.0 cm³/mol. The lowest BCUT2D eigenvalue weighted by Crippen LogP contribution is -2.30. The summed E-state index contributed by atoms with van der Waals surface area (Å²) in [5.74, 6) is 6.91. The van der Waals surface area contributed by atoms with Crippen molar-refractivity contribution >= 4 is 17.7 Å². The number of ether oxygens (including phenoxy) is 1. The van der Waals surface area contributed by atoms with Gasteiger partial charge in [0.15, 0.2) is 0 Å². The van der Waals surface area contributed by atoms with Crippen molar-refractivity contribution in [2.45, 2.75) is 17.9 Å². The van der Waals surface area contributed by atoms with Crippen molar-refractivity contribution in [3.05, 3.63) is 23.2 Å². The number of hydrogen-bond donors (Lipinski definition) is 2. The van der Waals surface area contributed by atoms with Gasteiger partial charge in [-0.05, 0) is 13.0 Å². The number of furan rings is 1. The van der Waals surface area contributed by atoms with E-state index in [2.05, 4.69) is 5.43 Å². The van der Waals surface area contributed by atoms with Gasteiger partial charge in [-0.3, -0.25) is 10.2 Å². The number of rotatable bonds is 4. The number of hydrazine groups is 1. The highest BCUT2D eigenvalue weighted by Gasteiger charge is 2.20. The van der Waals surface area contributed by atoms with Crippen LogP contribution >= 0.6 is 11.8 Å². The second kappa shape index (κ2) is 4.90. The standard InChI is InChI=1S/C10H14N2O3S/c1-6-9(10(13)12-11)2-7(15-6)5-16-8-3-14-4-8/h2,8H,3-5,11H2,1H3,(H,12,13). The van der Waals surface area contributed by atoms with Crippen molar-refractivity contribution in [3.8, 4) is 0 Å². The quantitative estimate of drug-likeness (QED) is 0.464. The minimum Gasteiger partial charge on any atom is -0.465 e. The normalized spacial score (nSPS) is 15.9. The molecule has 0 atom stereocenters. The molecule has 0 bridgehead atoms. The highest BCUT2D eigenvalue weighted by atomic mass is 32.2. The molecule has 16 heavy (non-hydrogen) atoms. The zero-order valence-electron chi connectivity index (χ0n) is 8.99. The largest absolute Gasteiger partial charge is 0.465 e. The van der Waals surface area contributed by atoms with Crippen molar-refractivity contribution in [1.82, 2.24) is 5.43 Å². The van der Waals surface area contributed by atoms with Gasteiger partial charge in [0, 0.05) is 0 Å². The van der Waals surface area contributed by atoms with E-state index in [1.165, 1.54) is 0 Å². The third-order valence-corrected chi connectivity index (χ3v) is 3.61. The number of aryl methyl sites for hydroxylation is 1. The van der Waals surface area contributed by atoms with Crippen LogP contribution in [0, 0.1) is 6.92 Å². The minimum absolute atomic E-state index is 0.315. The van der Waals surface area contributed by atoms with Crippen LogP contribution in [0.1, 0.15) is 21.9 Å². The molecule has 0 spiro atoms. The lowest BCUT2D eigenvalue weighted by Gasteiger charge is -2.24. The van der Waals surface area contributed by atoms with Gasteiger partial charge in [-0.25, -0.2) is 5.84 Å². The molecule has 0 aromatic carbocycles. The summed E-state index contributed by atoms with van der Waals surface area (Å²) >= 11 is 1.78. The molecule has 5 nitrogen and oxygen atoms in total. The summed E-state index contributed by atoms with van der Waals surface area (Å²) in [5.41, 5.74) is 2.60. The lowest BCUT2D eigenvalue weighted by atomic mass is 10.2. The van der Waals surface area contributed by atoms with Crippen LogP contribution in [0.3, 0.4) is 0 Å². The van der Waals surface area contributed by atoms with Gasteiger partial charge in [-0.15, -0.1) is 11.8 Å². The summed E-state index contributed by atoms with van der Waals surface area (Å²) in [4.78, 5) is 11.3. The third kappa shape index (κ3) is 2.40. The average Bonchev–Trinajstić information content (AvgIpc) is 2.56. The van der Waals surface area contributed by atoms with Crippen molar-refractivity contribution in [2.75, 3.05) is 13.2 Å². The zero-order valence-corrected chi connectivity index (χ0v) is 9.80. The van der Waals surface area contributed by atoms with E-state index < -0.39 is 0 Å². The van der Waals surface area contributed by atoms with Crippen LogP contribution in [-0.2, 0) is 10.5 Å². The molecule has 1 aliphatic heterocycles. The first-order valence-corrected chi connectivity index (χ1v) is 6.05. The first kappa shape index (κ1) is 11.5. The fraction of sp³-hybridized carbons (Fsp3) is 0.500. The van der Waals surface area contributed by atoms with E-state index in [0.717, 1.165) is 24.7 Å². The van der Waals surface area contributed by atoms with Crippen LogP contribution < -0.4 is 11.3 Å². The number of carbonyl (C=O) groups is 1. The van der Waals surface area contributed by atoms with Crippen LogP contribution in [0.2, 0.25) is 0 Å². The molecule has 0 saturated carbocycles. The van der Waals surface area contributed by atoms with Gasteiger partial charge in [0.2, 0.25) is 0 Å². The molecule has 6 heteroatoms. The molecule has 0 unspecified atom stereocenters. The number of nitrogens with two attached hydrogens (primary N) is 1. The number of nitrogen functional groups attached to an aromatic ring is 1. The van der Waals surface area contributed by atoms with Crippen molar-refractivity contribution in [1.29, 1.82) is 0 Å². The van der Waals surface area contributed by atoms with E-state index in [1.54, 1.807) is 24.8 Å². The number of thioether (sulfide) groups is 1. The van der Waals surface area contributed by atoms with E-state index in [1.807, 2.05) is 0 Å². The molecule has 1 aliphatic rings. The second-order valence-electron chi connectivity index (χ2n) is 3.63. The number of carbonyl (C=O) groups excluding carboxylic acids is 1. The van der Waals surface area contributed by atoms with Gasteiger partial charge in [-0.1, -0.05) is 0 Å². The maximum Gasteiger partial charge on any atom is 0.268 e. The molecule has 1 aromatic heterocycles. The highest BCUT2D eigenvalue weighted by Crippen LogP contribution is 2.25. The van der Waals surface area contributed by atoms with Gasteiger partial charge < -0.3 is 9.15 Å². The Balaban J connectivity index is 1.96. The van der Waals surface area contributed by atoms with Crippen molar-refractivity contribution in [3.63, 3.8) is 0 Å². The van der Waals surface area contributed by atoms with Crippen LogP contribution in [-0.4, -0.2) is 24.4 Å². The molecule has 0 aliphatic carbocycles. The second-order valence-corrected chi connectivity index (χ2v) is 4.92. The van der Waals surface area contributed by atoms with E-state index in [-0.39, 0.29) is 5.91 Å². The van der Waals surface area contributed by atoms with Gasteiger partial charge in [0.1, 0.15) is 11.5 Å². The van der Waals surface area contributed by atoms with Crippen LogP contribution in [0.15, 0.2) is 10.5 Å².